The average Bonchev–Trinajstić information content (AvgIpc) is 2.46. The summed E-state index contributed by atoms with van der Waals surface area (Å²) < 4.78 is 0. The van der Waals surface area contributed by atoms with Crippen molar-refractivity contribution in [3.63, 3.8) is 0 Å². The van der Waals surface area contributed by atoms with Crippen LogP contribution in [0.15, 0.2) is 9.98 Å². The van der Waals surface area contributed by atoms with Crippen molar-refractivity contribution < 1.29 is 0 Å². The third-order valence-electron chi connectivity index (χ3n) is 3.93. The fraction of sp³-hybridized carbons (Fsp3) is 0.889. The number of nitrogens with one attached hydrogen (secondary N) is 2. The molecule has 0 aromatic carbocycles. The number of hydrogen-bond donors (Lipinski definition) is 2. The minimum atomic E-state index is 0.372. The highest BCUT2D eigenvalue weighted by molar-refractivity contribution is 5.57. The molecule has 0 amide bonds. The summed E-state index contributed by atoms with van der Waals surface area (Å²) in [6, 6.07) is 0. The number of unbranched alkanes of at least 4 members (excludes halogenated alkanes) is 1. The second-order valence-electron chi connectivity index (χ2n) is 6.97. The molecule has 0 aromatic rings. The molecule has 4 nitrogen and oxygen atoms in total. The molecule has 0 aliphatic heterocycles. The van der Waals surface area contributed by atoms with Crippen molar-refractivity contribution in [2.24, 2.45) is 21.3 Å². The lowest BCUT2D eigenvalue weighted by molar-refractivity contribution is 0.270. The highest BCUT2D eigenvalue weighted by Gasteiger charge is 2.18. The molecule has 0 aliphatic rings. The summed E-state index contributed by atoms with van der Waals surface area (Å²) in [6.07, 6.45) is 7.46. The van der Waals surface area contributed by atoms with Gasteiger partial charge in [-0.2, -0.15) is 0 Å². The first kappa shape index (κ1) is 21.3. The molecule has 0 aliphatic carbocycles. The first-order valence-electron chi connectivity index (χ1n) is 8.86. The number of rotatable bonds is 13. The smallest absolute Gasteiger partial charge is 0.0510 e. The molecule has 0 fully saturated rings. The van der Waals surface area contributed by atoms with Crippen LogP contribution >= 0.6 is 0 Å². The second-order valence-corrected chi connectivity index (χ2v) is 6.97. The van der Waals surface area contributed by atoms with Crippen LogP contribution in [0.25, 0.3) is 0 Å². The van der Waals surface area contributed by atoms with Gasteiger partial charge in [-0.1, -0.05) is 41.0 Å². The molecule has 4 heteroatoms. The van der Waals surface area contributed by atoms with Crippen molar-refractivity contribution in [3.05, 3.63) is 0 Å². The van der Waals surface area contributed by atoms with Gasteiger partial charge in [0.05, 0.1) is 13.1 Å². The third-order valence-corrected chi connectivity index (χ3v) is 3.93. The van der Waals surface area contributed by atoms with E-state index in [4.69, 9.17) is 0 Å². The lowest BCUT2D eigenvalue weighted by Gasteiger charge is -2.25. The molecule has 0 saturated carbocycles. The Morgan fingerprint density at radius 2 is 1.45 bits per heavy atom. The Bertz CT molecular complexity index is 292. The molecule has 0 bridgehead atoms. The quantitative estimate of drug-likeness (QED) is 0.405. The van der Waals surface area contributed by atoms with Gasteiger partial charge in [0.25, 0.3) is 0 Å². The molecule has 130 valence electrons. The molecule has 0 rings (SSSR count). The minimum absolute atomic E-state index is 0.372. The van der Waals surface area contributed by atoms with Gasteiger partial charge in [-0.3, -0.25) is 9.98 Å². The number of aliphatic imine (C=N–C) groups is 2. The Balaban J connectivity index is 3.30. The molecule has 1 atom stereocenters. The molecular weight excluding hydrogens is 272 g/mol. The average molecular weight is 311 g/mol. The van der Waals surface area contributed by atoms with Gasteiger partial charge < -0.3 is 10.6 Å². The summed E-state index contributed by atoms with van der Waals surface area (Å²) >= 11 is 0. The lowest BCUT2D eigenvalue weighted by Crippen LogP contribution is -2.30. The van der Waals surface area contributed by atoms with Crippen LogP contribution in [0.2, 0.25) is 0 Å². The van der Waals surface area contributed by atoms with E-state index in [0.717, 1.165) is 52.1 Å². The summed E-state index contributed by atoms with van der Waals surface area (Å²) in [5.74, 6) is 0.674. The van der Waals surface area contributed by atoms with Crippen molar-refractivity contribution in [2.75, 3.05) is 39.3 Å². The number of nitrogens with zero attached hydrogens (tertiary/aromatic N) is 2. The molecule has 0 radical (unpaired) electrons. The molecule has 0 saturated heterocycles. The van der Waals surface area contributed by atoms with E-state index in [9.17, 15) is 0 Å². The van der Waals surface area contributed by atoms with E-state index < -0.39 is 0 Å². The van der Waals surface area contributed by atoms with Gasteiger partial charge in [0.2, 0.25) is 0 Å². The van der Waals surface area contributed by atoms with E-state index in [1.807, 2.05) is 6.21 Å². The van der Waals surface area contributed by atoms with Crippen LogP contribution < -0.4 is 10.6 Å². The van der Waals surface area contributed by atoms with E-state index >= 15 is 0 Å². The Kier molecular flexibility index (Phi) is 13.4. The first-order chi connectivity index (χ1) is 10.5. The Morgan fingerprint density at radius 1 is 0.909 bits per heavy atom. The minimum Gasteiger partial charge on any atom is -0.314 e. The molecule has 0 aromatic heterocycles. The molecule has 0 heterocycles. The second kappa shape index (κ2) is 13.9. The molecule has 0 spiro atoms. The number of hydrogen-bond acceptors (Lipinski definition) is 4. The summed E-state index contributed by atoms with van der Waals surface area (Å²) in [5.41, 5.74) is 0.372. The van der Waals surface area contributed by atoms with Gasteiger partial charge in [0, 0.05) is 26.2 Å². The Hall–Kier alpha value is -0.740. The summed E-state index contributed by atoms with van der Waals surface area (Å²) in [6.45, 7) is 17.0. The topological polar surface area (TPSA) is 48.8 Å². The summed E-state index contributed by atoms with van der Waals surface area (Å²) in [5, 5.41) is 6.78. The largest absolute Gasteiger partial charge is 0.314 e. The van der Waals surface area contributed by atoms with Crippen LogP contribution in [0.4, 0.5) is 0 Å². The lowest BCUT2D eigenvalue weighted by atomic mass is 9.80. The van der Waals surface area contributed by atoms with Crippen molar-refractivity contribution in [3.8, 4) is 0 Å². The molecule has 22 heavy (non-hydrogen) atoms. The van der Waals surface area contributed by atoms with Gasteiger partial charge >= 0.3 is 0 Å². The summed E-state index contributed by atoms with van der Waals surface area (Å²) in [7, 11) is 0. The predicted octanol–water partition coefficient (Wildman–Crippen LogP) is 3.18. The van der Waals surface area contributed by atoms with E-state index in [2.05, 4.69) is 61.5 Å². The zero-order valence-electron chi connectivity index (χ0n) is 15.5. The van der Waals surface area contributed by atoms with Crippen molar-refractivity contribution >= 4 is 12.4 Å². The van der Waals surface area contributed by atoms with Crippen LogP contribution in [0, 0.1) is 11.3 Å². The Morgan fingerprint density at radius 3 is 1.95 bits per heavy atom. The van der Waals surface area contributed by atoms with Crippen LogP contribution in [0.1, 0.15) is 53.9 Å². The predicted molar refractivity (Wildman–Crippen MR) is 101 cm³/mol. The molecule has 2 N–H and O–H groups in total. The van der Waals surface area contributed by atoms with Crippen molar-refractivity contribution in [1.29, 1.82) is 0 Å². The van der Waals surface area contributed by atoms with Gasteiger partial charge in [0.1, 0.15) is 0 Å². The van der Waals surface area contributed by atoms with E-state index in [-0.39, 0.29) is 0 Å². The van der Waals surface area contributed by atoms with E-state index in [1.54, 1.807) is 0 Å². The maximum Gasteiger partial charge on any atom is 0.0510 e. The Labute approximate surface area is 138 Å². The third kappa shape index (κ3) is 14.2. The first-order valence-corrected chi connectivity index (χ1v) is 8.86. The summed E-state index contributed by atoms with van der Waals surface area (Å²) in [4.78, 5) is 8.81. The standard InChI is InChI=1S/C18H38N4/c1-6-7-9-19-11-13-21-15-16-22-14-12-20-10-8-17(2)18(3,4)5/h9-10,17,21-22H,6-8,11-16H2,1-5H3. The SMILES string of the molecule is CCCC=NCCNCCNCCN=CCC(C)C(C)(C)C. The maximum atomic E-state index is 4.47. The van der Waals surface area contributed by atoms with Crippen molar-refractivity contribution in [1.82, 2.24) is 10.6 Å². The zero-order valence-corrected chi connectivity index (χ0v) is 15.5. The van der Waals surface area contributed by atoms with E-state index in [0.29, 0.717) is 11.3 Å². The highest BCUT2D eigenvalue weighted by atomic mass is 15.0. The maximum absolute atomic E-state index is 4.47. The fourth-order valence-electron chi connectivity index (χ4n) is 1.70. The monoisotopic (exact) mass is 310 g/mol. The van der Waals surface area contributed by atoms with Crippen LogP contribution in [0.5, 0.6) is 0 Å². The van der Waals surface area contributed by atoms with Gasteiger partial charge in [-0.15, -0.1) is 0 Å². The zero-order chi connectivity index (χ0) is 16.7. The van der Waals surface area contributed by atoms with Crippen LogP contribution in [0.3, 0.4) is 0 Å². The molecule has 1 unspecified atom stereocenters. The van der Waals surface area contributed by atoms with E-state index in [1.165, 1.54) is 6.42 Å². The van der Waals surface area contributed by atoms with Crippen LogP contribution in [-0.4, -0.2) is 51.7 Å². The van der Waals surface area contributed by atoms with Gasteiger partial charge in [-0.25, -0.2) is 0 Å². The van der Waals surface area contributed by atoms with Gasteiger partial charge in [0.15, 0.2) is 0 Å². The highest BCUT2D eigenvalue weighted by Crippen LogP contribution is 2.26. The van der Waals surface area contributed by atoms with Crippen LogP contribution in [-0.2, 0) is 0 Å². The van der Waals surface area contributed by atoms with Crippen molar-refractivity contribution in [2.45, 2.75) is 53.9 Å². The van der Waals surface area contributed by atoms with Gasteiger partial charge in [-0.05, 0) is 36.6 Å². The fourth-order valence-corrected chi connectivity index (χ4v) is 1.70. The normalized spacial score (nSPS) is 14.2. The molecular formula is C18H38N4.